The molecular formula is C11H16N4. The summed E-state index contributed by atoms with van der Waals surface area (Å²) in [5, 5.41) is 3.20. The van der Waals surface area contributed by atoms with Gasteiger partial charge in [0.05, 0.1) is 0 Å². The first-order valence-electron chi connectivity index (χ1n) is 4.91. The van der Waals surface area contributed by atoms with E-state index in [1.165, 1.54) is 0 Å². The van der Waals surface area contributed by atoms with E-state index < -0.39 is 0 Å². The van der Waals surface area contributed by atoms with Gasteiger partial charge >= 0.3 is 0 Å². The van der Waals surface area contributed by atoms with Crippen LogP contribution in [0.2, 0.25) is 0 Å². The van der Waals surface area contributed by atoms with Gasteiger partial charge in [-0.2, -0.15) is 4.98 Å². The third-order valence-electron chi connectivity index (χ3n) is 1.85. The Kier molecular flexibility index (Phi) is 4.42. The van der Waals surface area contributed by atoms with Crippen LogP contribution < -0.4 is 10.2 Å². The Balaban J connectivity index is 2.48. The first-order valence-corrected chi connectivity index (χ1v) is 4.91. The standard InChI is InChI=1S/C11H16N4/c1-4-5-6-8-12-10-7-9-13-11(14-10)15(2)3/h1,7,9H,5-6,8H2,2-3H3,(H,12,13,14). The number of aromatic nitrogens is 2. The summed E-state index contributed by atoms with van der Waals surface area (Å²) in [7, 11) is 3.83. The smallest absolute Gasteiger partial charge is 0.226 e. The Bertz CT molecular complexity index is 341. The molecule has 1 aromatic rings. The molecule has 0 fully saturated rings. The first-order chi connectivity index (χ1) is 7.24. The van der Waals surface area contributed by atoms with Crippen molar-refractivity contribution in [3.63, 3.8) is 0 Å². The Morgan fingerprint density at radius 1 is 1.53 bits per heavy atom. The SMILES string of the molecule is C#CCCCNc1ccnc(N(C)C)n1. The number of hydrogen-bond acceptors (Lipinski definition) is 4. The highest BCUT2D eigenvalue weighted by Crippen LogP contribution is 2.07. The summed E-state index contributed by atoms with van der Waals surface area (Å²) in [5.41, 5.74) is 0. The molecule has 0 saturated carbocycles. The van der Waals surface area contributed by atoms with Crippen molar-refractivity contribution in [3.8, 4) is 12.3 Å². The van der Waals surface area contributed by atoms with E-state index >= 15 is 0 Å². The number of nitrogens with one attached hydrogen (secondary N) is 1. The van der Waals surface area contributed by atoms with Gasteiger partial charge in [-0.1, -0.05) is 0 Å². The molecule has 0 spiro atoms. The number of hydrogen-bond donors (Lipinski definition) is 1. The van der Waals surface area contributed by atoms with Crippen LogP contribution in [0.25, 0.3) is 0 Å². The predicted octanol–water partition coefficient (Wildman–Crippen LogP) is 1.37. The van der Waals surface area contributed by atoms with Gasteiger partial charge in [0.2, 0.25) is 5.95 Å². The van der Waals surface area contributed by atoms with Crippen LogP contribution in [0.3, 0.4) is 0 Å². The van der Waals surface area contributed by atoms with Crippen LogP contribution in [-0.4, -0.2) is 30.6 Å². The molecule has 0 aromatic carbocycles. The molecule has 0 saturated heterocycles. The minimum atomic E-state index is 0.706. The highest BCUT2D eigenvalue weighted by atomic mass is 15.2. The van der Waals surface area contributed by atoms with Crippen LogP contribution in [0.1, 0.15) is 12.8 Å². The molecule has 4 nitrogen and oxygen atoms in total. The van der Waals surface area contributed by atoms with Crippen molar-refractivity contribution in [2.75, 3.05) is 30.9 Å². The minimum Gasteiger partial charge on any atom is -0.370 e. The van der Waals surface area contributed by atoms with Crippen LogP contribution in [0.4, 0.5) is 11.8 Å². The molecule has 0 unspecified atom stereocenters. The second kappa shape index (κ2) is 5.86. The summed E-state index contributed by atoms with van der Waals surface area (Å²) in [5.74, 6) is 4.15. The number of rotatable bonds is 5. The van der Waals surface area contributed by atoms with Gasteiger partial charge in [0, 0.05) is 33.3 Å². The maximum Gasteiger partial charge on any atom is 0.226 e. The van der Waals surface area contributed by atoms with Crippen LogP contribution in [-0.2, 0) is 0 Å². The number of anilines is 2. The van der Waals surface area contributed by atoms with E-state index in [4.69, 9.17) is 6.42 Å². The zero-order chi connectivity index (χ0) is 11.1. The van der Waals surface area contributed by atoms with Gasteiger partial charge in [0.25, 0.3) is 0 Å². The second-order valence-corrected chi connectivity index (χ2v) is 3.37. The molecule has 1 rings (SSSR count). The van der Waals surface area contributed by atoms with Crippen molar-refractivity contribution < 1.29 is 0 Å². The van der Waals surface area contributed by atoms with E-state index in [-0.39, 0.29) is 0 Å². The van der Waals surface area contributed by atoms with Gasteiger partial charge in [-0.3, -0.25) is 0 Å². The summed E-state index contributed by atoms with van der Waals surface area (Å²) in [6, 6.07) is 1.85. The predicted molar refractivity (Wildman–Crippen MR) is 62.9 cm³/mol. The summed E-state index contributed by atoms with van der Waals surface area (Å²) < 4.78 is 0. The molecule has 0 atom stereocenters. The van der Waals surface area contributed by atoms with Gasteiger partial charge in [-0.15, -0.1) is 12.3 Å². The largest absolute Gasteiger partial charge is 0.370 e. The minimum absolute atomic E-state index is 0.706. The number of unbranched alkanes of at least 4 members (excludes halogenated alkanes) is 1. The lowest BCUT2D eigenvalue weighted by Gasteiger charge is -2.11. The highest BCUT2D eigenvalue weighted by Gasteiger charge is 1.99. The molecular weight excluding hydrogens is 188 g/mol. The lowest BCUT2D eigenvalue weighted by Crippen LogP contribution is -2.13. The second-order valence-electron chi connectivity index (χ2n) is 3.37. The average molecular weight is 204 g/mol. The van der Waals surface area contributed by atoms with Crippen molar-refractivity contribution in [1.82, 2.24) is 9.97 Å². The molecule has 0 bridgehead atoms. The Morgan fingerprint density at radius 3 is 3.00 bits per heavy atom. The molecule has 15 heavy (non-hydrogen) atoms. The normalized spacial score (nSPS) is 9.40. The average Bonchev–Trinajstić information content (AvgIpc) is 2.25. The molecule has 1 heterocycles. The molecule has 0 aliphatic heterocycles. The van der Waals surface area contributed by atoms with Crippen molar-refractivity contribution in [2.24, 2.45) is 0 Å². The fourth-order valence-electron chi connectivity index (χ4n) is 1.07. The summed E-state index contributed by atoms with van der Waals surface area (Å²) in [4.78, 5) is 10.3. The van der Waals surface area contributed by atoms with Crippen molar-refractivity contribution in [1.29, 1.82) is 0 Å². The van der Waals surface area contributed by atoms with Gasteiger partial charge < -0.3 is 10.2 Å². The Morgan fingerprint density at radius 2 is 2.33 bits per heavy atom. The lowest BCUT2D eigenvalue weighted by atomic mass is 10.3. The van der Waals surface area contributed by atoms with E-state index in [1.54, 1.807) is 6.20 Å². The van der Waals surface area contributed by atoms with Crippen LogP contribution in [0, 0.1) is 12.3 Å². The van der Waals surface area contributed by atoms with E-state index in [0.29, 0.717) is 5.95 Å². The van der Waals surface area contributed by atoms with Crippen LogP contribution in [0.15, 0.2) is 12.3 Å². The van der Waals surface area contributed by atoms with E-state index in [0.717, 1.165) is 25.2 Å². The topological polar surface area (TPSA) is 41.1 Å². The maximum absolute atomic E-state index is 5.16. The zero-order valence-electron chi connectivity index (χ0n) is 9.20. The number of nitrogens with zero attached hydrogens (tertiary/aromatic N) is 3. The third-order valence-corrected chi connectivity index (χ3v) is 1.85. The Labute approximate surface area is 90.7 Å². The Hall–Kier alpha value is -1.76. The number of terminal acetylenes is 1. The molecule has 0 radical (unpaired) electrons. The van der Waals surface area contributed by atoms with Crippen LogP contribution in [0.5, 0.6) is 0 Å². The third kappa shape index (κ3) is 3.86. The fourth-order valence-corrected chi connectivity index (χ4v) is 1.07. The van der Waals surface area contributed by atoms with Gasteiger partial charge in [-0.05, 0) is 12.5 Å². The van der Waals surface area contributed by atoms with Crippen molar-refractivity contribution >= 4 is 11.8 Å². The van der Waals surface area contributed by atoms with Gasteiger partial charge in [0.1, 0.15) is 5.82 Å². The maximum atomic E-state index is 5.16. The van der Waals surface area contributed by atoms with Crippen molar-refractivity contribution in [3.05, 3.63) is 12.3 Å². The van der Waals surface area contributed by atoms with Crippen molar-refractivity contribution in [2.45, 2.75) is 12.8 Å². The molecule has 80 valence electrons. The van der Waals surface area contributed by atoms with Gasteiger partial charge in [-0.25, -0.2) is 4.98 Å². The van der Waals surface area contributed by atoms with E-state index in [9.17, 15) is 0 Å². The van der Waals surface area contributed by atoms with E-state index in [2.05, 4.69) is 21.2 Å². The summed E-state index contributed by atoms with van der Waals surface area (Å²) in [6.45, 7) is 0.841. The molecule has 0 aliphatic rings. The fraction of sp³-hybridized carbons (Fsp3) is 0.455. The first kappa shape index (κ1) is 11.3. The zero-order valence-corrected chi connectivity index (χ0v) is 9.20. The molecule has 0 aliphatic carbocycles. The van der Waals surface area contributed by atoms with Gasteiger partial charge in [0.15, 0.2) is 0 Å². The highest BCUT2D eigenvalue weighted by molar-refractivity contribution is 5.40. The molecule has 4 heteroatoms. The lowest BCUT2D eigenvalue weighted by molar-refractivity contribution is 0.896. The summed E-state index contributed by atoms with van der Waals surface area (Å²) >= 11 is 0. The van der Waals surface area contributed by atoms with Crippen LogP contribution >= 0.6 is 0 Å². The molecule has 0 amide bonds. The summed E-state index contributed by atoms with van der Waals surface area (Å²) in [6.07, 6.45) is 8.65. The monoisotopic (exact) mass is 204 g/mol. The molecule has 1 aromatic heterocycles. The van der Waals surface area contributed by atoms with E-state index in [1.807, 2.05) is 25.1 Å². The quantitative estimate of drug-likeness (QED) is 0.581. The molecule has 1 N–H and O–H groups in total.